The third-order valence-corrected chi connectivity index (χ3v) is 4.16. The van der Waals surface area contributed by atoms with Crippen molar-refractivity contribution in [2.24, 2.45) is 0 Å². The molecule has 0 aliphatic rings. The Morgan fingerprint density at radius 3 is 2.33 bits per heavy atom. The van der Waals surface area contributed by atoms with Crippen molar-refractivity contribution in [1.29, 1.82) is 0 Å². The number of pyridine rings is 1. The summed E-state index contributed by atoms with van der Waals surface area (Å²) < 4.78 is 10.5. The van der Waals surface area contributed by atoms with E-state index in [1.807, 2.05) is 48.5 Å². The zero-order chi connectivity index (χ0) is 18.6. The summed E-state index contributed by atoms with van der Waals surface area (Å²) in [6.07, 6.45) is 2.28. The number of aromatic nitrogens is 3. The van der Waals surface area contributed by atoms with Crippen LogP contribution in [0.3, 0.4) is 0 Å². The van der Waals surface area contributed by atoms with E-state index in [0.717, 1.165) is 28.1 Å². The minimum Gasteiger partial charge on any atom is -0.508 e. The van der Waals surface area contributed by atoms with Crippen LogP contribution in [-0.4, -0.2) is 27.3 Å². The van der Waals surface area contributed by atoms with Gasteiger partial charge in [0.2, 0.25) is 0 Å². The maximum Gasteiger partial charge on any atom is 0.259 e. The van der Waals surface area contributed by atoms with Gasteiger partial charge in [0.1, 0.15) is 11.5 Å². The van der Waals surface area contributed by atoms with Gasteiger partial charge in [0.05, 0.1) is 18.4 Å². The summed E-state index contributed by atoms with van der Waals surface area (Å²) >= 11 is 0. The molecule has 0 saturated heterocycles. The van der Waals surface area contributed by atoms with Crippen LogP contribution >= 0.6 is 0 Å². The molecule has 0 bridgehead atoms. The van der Waals surface area contributed by atoms with Gasteiger partial charge in [0.25, 0.3) is 5.89 Å². The van der Waals surface area contributed by atoms with E-state index >= 15 is 0 Å². The molecule has 0 unspecified atom stereocenters. The Hall–Kier alpha value is -3.67. The van der Waals surface area contributed by atoms with Crippen molar-refractivity contribution in [1.82, 2.24) is 15.1 Å². The smallest absolute Gasteiger partial charge is 0.259 e. The standard InChI is InChI=1S/C21H17N3O3/c1-26-18-9-2-14(3-10-18)12-20-23-21(27-24-20)16-6-11-19(22-13-16)15-4-7-17(25)8-5-15/h2-11,13,25H,12H2,1H3. The first-order chi connectivity index (χ1) is 13.2. The van der Waals surface area contributed by atoms with Gasteiger partial charge in [0.15, 0.2) is 5.82 Å². The predicted molar refractivity (Wildman–Crippen MR) is 100 cm³/mol. The Kier molecular flexibility index (Phi) is 4.53. The van der Waals surface area contributed by atoms with E-state index in [0.29, 0.717) is 18.1 Å². The van der Waals surface area contributed by atoms with Gasteiger partial charge in [-0.1, -0.05) is 17.3 Å². The van der Waals surface area contributed by atoms with Crippen molar-refractivity contribution in [2.45, 2.75) is 6.42 Å². The lowest BCUT2D eigenvalue weighted by molar-refractivity contribution is 0.414. The Balaban J connectivity index is 1.49. The van der Waals surface area contributed by atoms with Gasteiger partial charge in [-0.3, -0.25) is 4.98 Å². The number of phenolic OH excluding ortho intramolecular Hbond substituents is 1. The van der Waals surface area contributed by atoms with Crippen molar-refractivity contribution in [3.8, 4) is 34.2 Å². The Bertz CT molecular complexity index is 1020. The molecule has 0 atom stereocenters. The molecular formula is C21H17N3O3. The zero-order valence-electron chi connectivity index (χ0n) is 14.7. The molecule has 2 aromatic heterocycles. The lowest BCUT2D eigenvalue weighted by Crippen LogP contribution is -1.91. The molecule has 0 spiro atoms. The lowest BCUT2D eigenvalue weighted by atomic mass is 10.1. The molecule has 27 heavy (non-hydrogen) atoms. The molecule has 4 rings (SSSR count). The fourth-order valence-corrected chi connectivity index (χ4v) is 2.69. The highest BCUT2D eigenvalue weighted by Gasteiger charge is 2.10. The summed E-state index contributed by atoms with van der Waals surface area (Å²) in [6, 6.07) is 18.4. The van der Waals surface area contributed by atoms with Crippen LogP contribution in [0.15, 0.2) is 71.4 Å². The average molecular weight is 359 g/mol. The molecular weight excluding hydrogens is 342 g/mol. The summed E-state index contributed by atoms with van der Waals surface area (Å²) in [5, 5.41) is 13.4. The second kappa shape index (κ2) is 7.29. The molecule has 134 valence electrons. The van der Waals surface area contributed by atoms with Crippen molar-refractivity contribution < 1.29 is 14.4 Å². The predicted octanol–water partition coefficient (Wildman–Crippen LogP) is 4.10. The van der Waals surface area contributed by atoms with Crippen LogP contribution in [0.1, 0.15) is 11.4 Å². The Morgan fingerprint density at radius 1 is 0.926 bits per heavy atom. The molecule has 6 nitrogen and oxygen atoms in total. The second-order valence-electron chi connectivity index (χ2n) is 6.02. The van der Waals surface area contributed by atoms with E-state index in [1.165, 1.54) is 0 Å². The van der Waals surface area contributed by atoms with Gasteiger partial charge in [0, 0.05) is 18.2 Å². The average Bonchev–Trinajstić information content (AvgIpc) is 3.18. The van der Waals surface area contributed by atoms with Crippen LogP contribution in [-0.2, 0) is 6.42 Å². The molecule has 2 heterocycles. The first kappa shape index (κ1) is 16.8. The topological polar surface area (TPSA) is 81.3 Å². The van der Waals surface area contributed by atoms with Gasteiger partial charge in [-0.25, -0.2) is 0 Å². The van der Waals surface area contributed by atoms with E-state index < -0.39 is 0 Å². The number of ether oxygens (including phenoxy) is 1. The van der Waals surface area contributed by atoms with Crippen LogP contribution in [0.5, 0.6) is 11.5 Å². The van der Waals surface area contributed by atoms with Crippen LogP contribution in [0.25, 0.3) is 22.7 Å². The van der Waals surface area contributed by atoms with E-state index in [-0.39, 0.29) is 5.75 Å². The first-order valence-corrected chi connectivity index (χ1v) is 8.42. The fourth-order valence-electron chi connectivity index (χ4n) is 2.69. The molecule has 1 N–H and O–H groups in total. The molecule has 0 aliphatic heterocycles. The highest BCUT2D eigenvalue weighted by Crippen LogP contribution is 2.23. The molecule has 4 aromatic rings. The maximum absolute atomic E-state index is 9.38. The van der Waals surface area contributed by atoms with Crippen molar-refractivity contribution in [3.05, 3.63) is 78.2 Å². The first-order valence-electron chi connectivity index (χ1n) is 8.42. The number of methoxy groups -OCH3 is 1. The minimum absolute atomic E-state index is 0.227. The van der Waals surface area contributed by atoms with Gasteiger partial charge >= 0.3 is 0 Å². The summed E-state index contributed by atoms with van der Waals surface area (Å²) in [5.41, 5.74) is 3.55. The minimum atomic E-state index is 0.227. The molecule has 0 fully saturated rings. The second-order valence-corrected chi connectivity index (χ2v) is 6.02. The highest BCUT2D eigenvalue weighted by atomic mass is 16.5. The van der Waals surface area contributed by atoms with Gasteiger partial charge in [-0.15, -0.1) is 0 Å². The lowest BCUT2D eigenvalue weighted by Gasteiger charge is -2.01. The number of hydrogen-bond donors (Lipinski definition) is 1. The van der Waals surface area contributed by atoms with E-state index in [2.05, 4.69) is 15.1 Å². The normalized spacial score (nSPS) is 10.7. The largest absolute Gasteiger partial charge is 0.508 e. The van der Waals surface area contributed by atoms with Crippen LogP contribution in [0.2, 0.25) is 0 Å². The molecule has 0 saturated carbocycles. The number of benzene rings is 2. The van der Waals surface area contributed by atoms with Crippen molar-refractivity contribution in [3.63, 3.8) is 0 Å². The summed E-state index contributed by atoms with van der Waals surface area (Å²) in [6.45, 7) is 0. The van der Waals surface area contributed by atoms with Crippen LogP contribution in [0.4, 0.5) is 0 Å². The zero-order valence-corrected chi connectivity index (χ0v) is 14.7. The molecule has 0 radical (unpaired) electrons. The van der Waals surface area contributed by atoms with Gasteiger partial charge < -0.3 is 14.4 Å². The third kappa shape index (κ3) is 3.79. The van der Waals surface area contributed by atoms with E-state index in [1.54, 1.807) is 25.4 Å². The number of nitrogens with zero attached hydrogens (tertiary/aromatic N) is 3. The summed E-state index contributed by atoms with van der Waals surface area (Å²) in [5.74, 6) is 2.08. The summed E-state index contributed by atoms with van der Waals surface area (Å²) in [4.78, 5) is 8.89. The molecule has 2 aromatic carbocycles. The van der Waals surface area contributed by atoms with Crippen LogP contribution in [0, 0.1) is 0 Å². The SMILES string of the molecule is COc1ccc(Cc2noc(-c3ccc(-c4ccc(O)cc4)nc3)n2)cc1. The number of phenols is 1. The van der Waals surface area contributed by atoms with E-state index in [9.17, 15) is 5.11 Å². The molecule has 0 aliphatic carbocycles. The van der Waals surface area contributed by atoms with Crippen molar-refractivity contribution >= 4 is 0 Å². The van der Waals surface area contributed by atoms with E-state index in [4.69, 9.17) is 9.26 Å². The molecule has 0 amide bonds. The van der Waals surface area contributed by atoms with Gasteiger partial charge in [-0.2, -0.15) is 4.98 Å². The van der Waals surface area contributed by atoms with Gasteiger partial charge in [-0.05, 0) is 54.1 Å². The summed E-state index contributed by atoms with van der Waals surface area (Å²) in [7, 11) is 1.64. The number of aromatic hydroxyl groups is 1. The van der Waals surface area contributed by atoms with Crippen LogP contribution < -0.4 is 4.74 Å². The highest BCUT2D eigenvalue weighted by molar-refractivity contribution is 5.63. The maximum atomic E-state index is 9.38. The third-order valence-electron chi connectivity index (χ3n) is 4.16. The van der Waals surface area contributed by atoms with Crippen molar-refractivity contribution in [2.75, 3.05) is 7.11 Å². The fraction of sp³-hybridized carbons (Fsp3) is 0.0952. The quantitative estimate of drug-likeness (QED) is 0.578. The number of rotatable bonds is 5. The monoisotopic (exact) mass is 359 g/mol. The number of hydrogen-bond acceptors (Lipinski definition) is 6. The Morgan fingerprint density at radius 2 is 1.67 bits per heavy atom. The Labute approximate surface area is 156 Å². The molecule has 6 heteroatoms.